The average Bonchev–Trinajstić information content (AvgIpc) is 2.48. The number of ether oxygens (including phenoxy) is 1. The van der Waals surface area contributed by atoms with Gasteiger partial charge in [0.1, 0.15) is 5.75 Å². The average molecular weight is 348 g/mol. The second-order valence-electron chi connectivity index (χ2n) is 5.87. The fourth-order valence-corrected chi connectivity index (χ4v) is 3.42. The van der Waals surface area contributed by atoms with Gasteiger partial charge in [-0.25, -0.2) is 0 Å². The molecule has 0 saturated carbocycles. The maximum absolute atomic E-state index is 12.5. The van der Waals surface area contributed by atoms with Crippen molar-refractivity contribution in [3.05, 3.63) is 58.6 Å². The van der Waals surface area contributed by atoms with Crippen molar-refractivity contribution in [3.8, 4) is 5.75 Å². The molecule has 0 amide bonds. The lowest BCUT2D eigenvalue weighted by Gasteiger charge is -2.16. The molecule has 23 heavy (non-hydrogen) atoms. The summed E-state index contributed by atoms with van der Waals surface area (Å²) in [5, 5.41) is 13.9. The van der Waals surface area contributed by atoms with E-state index in [2.05, 4.69) is 13.8 Å². The quantitative estimate of drug-likeness (QED) is 0.734. The minimum absolute atomic E-state index is 0.0153. The second-order valence-corrected chi connectivity index (χ2v) is 7.43. The van der Waals surface area contributed by atoms with E-state index >= 15 is 0 Å². The van der Waals surface area contributed by atoms with Crippen molar-refractivity contribution in [1.29, 1.82) is 0 Å². The molecule has 0 saturated heterocycles. The Morgan fingerprint density at radius 2 is 1.87 bits per heavy atom. The van der Waals surface area contributed by atoms with Crippen LogP contribution >= 0.6 is 19.8 Å². The van der Waals surface area contributed by atoms with Crippen LogP contribution in [0.4, 0.5) is 0 Å². The second kappa shape index (κ2) is 8.49. The van der Waals surface area contributed by atoms with Crippen molar-refractivity contribution < 1.29 is 9.84 Å². The summed E-state index contributed by atoms with van der Waals surface area (Å²) in [4.78, 5) is 0. The summed E-state index contributed by atoms with van der Waals surface area (Å²) in [6.07, 6.45) is 1.03. The standard InChI is InChI=1S/C19H22ClO2P/c1-13(2)11-12-22-15-7-9-16(10-8-15)23-19(21)18-14(3)5-4-6-17(18)20/h4-10,13,21H,11-12H2,1-3H3/p-1. The smallest absolute Gasteiger partial charge is 0.119 e. The number of halogens is 1. The molecule has 0 atom stereocenters. The molecule has 0 N–H and O–H groups in total. The summed E-state index contributed by atoms with van der Waals surface area (Å²) < 4.78 is 5.69. The minimum Gasteiger partial charge on any atom is -0.823 e. The van der Waals surface area contributed by atoms with E-state index in [1.807, 2.05) is 43.3 Å². The van der Waals surface area contributed by atoms with Crippen LogP contribution in [0.3, 0.4) is 0 Å². The van der Waals surface area contributed by atoms with Crippen molar-refractivity contribution in [1.82, 2.24) is 0 Å². The van der Waals surface area contributed by atoms with Gasteiger partial charge in [-0.15, -0.1) is 5.48 Å². The molecule has 0 unspecified atom stereocenters. The third kappa shape index (κ3) is 5.35. The number of aryl methyl sites for hydroxylation is 1. The van der Waals surface area contributed by atoms with E-state index in [0.29, 0.717) is 31.3 Å². The Hall–Kier alpha value is -1.34. The van der Waals surface area contributed by atoms with E-state index in [1.54, 1.807) is 6.07 Å². The molecule has 0 spiro atoms. The Morgan fingerprint density at radius 3 is 2.48 bits per heavy atom. The van der Waals surface area contributed by atoms with Crippen LogP contribution in [-0.2, 0) is 0 Å². The molecule has 4 heteroatoms. The molecule has 0 aliphatic carbocycles. The van der Waals surface area contributed by atoms with Crippen molar-refractivity contribution in [2.75, 3.05) is 6.61 Å². The van der Waals surface area contributed by atoms with E-state index in [-0.39, 0.29) is 5.48 Å². The van der Waals surface area contributed by atoms with Gasteiger partial charge in [-0.3, -0.25) is 0 Å². The first-order valence-electron chi connectivity index (χ1n) is 7.71. The third-order valence-electron chi connectivity index (χ3n) is 3.47. The number of hydrogen-bond acceptors (Lipinski definition) is 2. The molecule has 2 aromatic rings. The van der Waals surface area contributed by atoms with Gasteiger partial charge in [0.05, 0.1) is 6.61 Å². The lowest BCUT2D eigenvalue weighted by Crippen LogP contribution is -2.19. The number of rotatable bonds is 6. The fraction of sp³-hybridized carbons (Fsp3) is 0.316. The highest BCUT2D eigenvalue weighted by molar-refractivity contribution is 7.49. The summed E-state index contributed by atoms with van der Waals surface area (Å²) >= 11 is 6.15. The Morgan fingerprint density at radius 1 is 1.17 bits per heavy atom. The van der Waals surface area contributed by atoms with Crippen LogP contribution in [0, 0.1) is 12.8 Å². The third-order valence-corrected chi connectivity index (χ3v) is 4.77. The van der Waals surface area contributed by atoms with Gasteiger partial charge in [0.2, 0.25) is 0 Å². The largest absolute Gasteiger partial charge is 0.823 e. The van der Waals surface area contributed by atoms with E-state index in [0.717, 1.165) is 23.0 Å². The van der Waals surface area contributed by atoms with Gasteiger partial charge >= 0.3 is 0 Å². The van der Waals surface area contributed by atoms with Gasteiger partial charge in [0.15, 0.2) is 0 Å². The van der Waals surface area contributed by atoms with Gasteiger partial charge in [-0.1, -0.05) is 45.8 Å². The van der Waals surface area contributed by atoms with Crippen LogP contribution in [0.2, 0.25) is 5.02 Å². The predicted octanol–water partition coefficient (Wildman–Crippen LogP) is 4.18. The maximum Gasteiger partial charge on any atom is 0.119 e. The molecule has 0 aromatic heterocycles. The molecule has 2 rings (SSSR count). The summed E-state index contributed by atoms with van der Waals surface area (Å²) in [6.45, 7) is 6.97. The molecule has 0 fully saturated rings. The summed E-state index contributed by atoms with van der Waals surface area (Å²) in [7, 11) is 0.624. The van der Waals surface area contributed by atoms with Crippen LogP contribution in [0.25, 0.3) is 0 Å². The van der Waals surface area contributed by atoms with Crippen LogP contribution in [0.1, 0.15) is 31.4 Å². The molecule has 0 aliphatic heterocycles. The summed E-state index contributed by atoms with van der Waals surface area (Å²) in [5.74, 6) is 1.47. The monoisotopic (exact) mass is 347 g/mol. The van der Waals surface area contributed by atoms with Gasteiger partial charge in [0.25, 0.3) is 0 Å². The lowest BCUT2D eigenvalue weighted by atomic mass is 10.1. The molecule has 122 valence electrons. The van der Waals surface area contributed by atoms with Crippen molar-refractivity contribution in [2.45, 2.75) is 27.2 Å². The molecule has 0 radical (unpaired) electrons. The van der Waals surface area contributed by atoms with Crippen LogP contribution in [0.5, 0.6) is 5.75 Å². The number of hydrogen-bond donors (Lipinski definition) is 0. The molecule has 0 bridgehead atoms. The molecular formula is C19H21ClO2P-. The van der Waals surface area contributed by atoms with Gasteiger partial charge in [0, 0.05) is 10.3 Å². The highest BCUT2D eigenvalue weighted by atomic mass is 35.5. The number of benzene rings is 2. The molecule has 0 aliphatic rings. The highest BCUT2D eigenvalue weighted by Crippen LogP contribution is 2.21. The van der Waals surface area contributed by atoms with Gasteiger partial charge in [-0.05, 0) is 60.7 Å². The minimum atomic E-state index is 0.0153. The van der Waals surface area contributed by atoms with Crippen LogP contribution in [0.15, 0.2) is 42.5 Å². The van der Waals surface area contributed by atoms with E-state index in [4.69, 9.17) is 16.3 Å². The molecule has 0 heterocycles. The molecular weight excluding hydrogens is 327 g/mol. The first-order valence-corrected chi connectivity index (χ1v) is 8.98. The van der Waals surface area contributed by atoms with Crippen LogP contribution < -0.4 is 15.1 Å². The molecule has 2 nitrogen and oxygen atoms in total. The Labute approximate surface area is 144 Å². The summed E-state index contributed by atoms with van der Waals surface area (Å²) in [5.41, 5.74) is 1.53. The van der Waals surface area contributed by atoms with E-state index in [1.165, 1.54) is 0 Å². The Bertz CT molecular complexity index is 658. The van der Waals surface area contributed by atoms with Crippen LogP contribution in [-0.4, -0.2) is 12.1 Å². The zero-order valence-electron chi connectivity index (χ0n) is 13.7. The van der Waals surface area contributed by atoms with E-state index in [9.17, 15) is 5.11 Å². The summed E-state index contributed by atoms with van der Waals surface area (Å²) in [6, 6.07) is 13.2. The lowest BCUT2D eigenvalue weighted by molar-refractivity contribution is -0.207. The topological polar surface area (TPSA) is 32.3 Å². The first kappa shape index (κ1) is 18.0. The molecule has 2 aromatic carbocycles. The van der Waals surface area contributed by atoms with Crippen molar-refractivity contribution in [2.24, 2.45) is 5.92 Å². The van der Waals surface area contributed by atoms with Gasteiger partial charge in [-0.2, -0.15) is 0 Å². The first-order chi connectivity index (χ1) is 11.0. The maximum atomic E-state index is 12.5. The highest BCUT2D eigenvalue weighted by Gasteiger charge is 2.03. The predicted molar refractivity (Wildman–Crippen MR) is 98.2 cm³/mol. The fourth-order valence-electron chi connectivity index (χ4n) is 2.11. The zero-order valence-corrected chi connectivity index (χ0v) is 15.3. The van der Waals surface area contributed by atoms with Gasteiger partial charge < -0.3 is 9.84 Å². The van der Waals surface area contributed by atoms with Crippen molar-refractivity contribution >= 4 is 30.6 Å². The SMILES string of the molecule is Cc1cccc(Cl)c1C([O-])=Pc1ccc(OCCC(C)C)cc1. The van der Waals surface area contributed by atoms with Crippen molar-refractivity contribution in [3.63, 3.8) is 0 Å². The normalized spacial score (nSPS) is 11.8. The Balaban J connectivity index is 2.10. The Kier molecular flexibility index (Phi) is 6.65. The zero-order chi connectivity index (χ0) is 16.8. The van der Waals surface area contributed by atoms with E-state index < -0.39 is 0 Å².